The summed E-state index contributed by atoms with van der Waals surface area (Å²) in [6.45, 7) is 10.9. The number of carbonyl (C=O) groups excluding carboxylic acids is 1. The largest absolute Gasteiger partial charge is 0.459 e. The Morgan fingerprint density at radius 2 is 1.93 bits per heavy atom. The fourth-order valence-electron chi connectivity index (χ4n) is 2.64. The molecule has 1 heterocycles. The average Bonchev–Trinajstić information content (AvgIpc) is 2.94. The second-order valence-electron chi connectivity index (χ2n) is 8.52. The van der Waals surface area contributed by atoms with E-state index in [1.54, 1.807) is 24.3 Å². The van der Waals surface area contributed by atoms with E-state index in [0.717, 1.165) is 0 Å². The molecule has 1 saturated heterocycles. The van der Waals surface area contributed by atoms with E-state index in [1.807, 2.05) is 6.07 Å². The molecule has 0 aliphatic carbocycles. The van der Waals surface area contributed by atoms with E-state index in [2.05, 4.69) is 33.9 Å². The van der Waals surface area contributed by atoms with Gasteiger partial charge in [-0.05, 0) is 30.3 Å². The Bertz CT molecular complexity index is 627. The van der Waals surface area contributed by atoms with E-state index in [-0.39, 0.29) is 18.3 Å². The van der Waals surface area contributed by atoms with Crippen molar-refractivity contribution in [3.05, 3.63) is 35.9 Å². The summed E-state index contributed by atoms with van der Waals surface area (Å²) in [7, 11) is -0.528. The van der Waals surface area contributed by atoms with Crippen molar-refractivity contribution < 1.29 is 28.5 Å². The van der Waals surface area contributed by atoms with Crippen LogP contribution in [0.4, 0.5) is 0 Å². The normalized spacial score (nSPS) is 26.2. The first-order chi connectivity index (χ1) is 12.5. The van der Waals surface area contributed by atoms with Gasteiger partial charge in [-0.3, -0.25) is 0 Å². The third-order valence-corrected chi connectivity index (χ3v) is 10.0. The van der Waals surface area contributed by atoms with Crippen molar-refractivity contribution in [2.75, 3.05) is 20.3 Å². The molecule has 1 N–H and O–H groups in total. The number of aliphatic hydroxyl groups excluding tert-OH is 1. The smallest absolute Gasteiger partial charge is 0.338 e. The molecule has 0 spiro atoms. The number of carbonyl (C=O) groups is 1. The lowest BCUT2D eigenvalue weighted by Gasteiger charge is -2.40. The van der Waals surface area contributed by atoms with Crippen molar-refractivity contribution in [3.8, 4) is 0 Å². The van der Waals surface area contributed by atoms with E-state index in [0.29, 0.717) is 12.0 Å². The van der Waals surface area contributed by atoms with Crippen molar-refractivity contribution in [1.29, 1.82) is 0 Å². The molecule has 0 aromatic heterocycles. The predicted octanol–water partition coefficient (Wildman–Crippen LogP) is 3.36. The number of aliphatic hydroxyl groups is 1. The minimum absolute atomic E-state index is 0.0378. The average molecular weight is 397 g/mol. The van der Waals surface area contributed by atoms with Crippen molar-refractivity contribution in [2.45, 2.75) is 63.3 Å². The van der Waals surface area contributed by atoms with Gasteiger partial charge in [-0.15, -0.1) is 0 Å². The van der Waals surface area contributed by atoms with Crippen LogP contribution in [0.15, 0.2) is 30.3 Å². The fraction of sp³-hybridized carbons (Fsp3) is 0.650. The molecule has 0 bridgehead atoms. The van der Waals surface area contributed by atoms with E-state index < -0.39 is 32.3 Å². The van der Waals surface area contributed by atoms with Crippen LogP contribution in [-0.4, -0.2) is 57.7 Å². The van der Waals surface area contributed by atoms with Crippen LogP contribution in [0.3, 0.4) is 0 Å². The van der Waals surface area contributed by atoms with Gasteiger partial charge in [-0.25, -0.2) is 4.79 Å². The Labute approximate surface area is 162 Å². The summed E-state index contributed by atoms with van der Waals surface area (Å²) in [5, 5.41) is 10.6. The van der Waals surface area contributed by atoms with E-state index in [1.165, 1.54) is 7.11 Å². The van der Waals surface area contributed by atoms with E-state index >= 15 is 0 Å². The zero-order valence-corrected chi connectivity index (χ0v) is 18.2. The molecule has 1 aromatic carbocycles. The summed E-state index contributed by atoms with van der Waals surface area (Å²) >= 11 is 0. The van der Waals surface area contributed by atoms with Gasteiger partial charge < -0.3 is 23.7 Å². The van der Waals surface area contributed by atoms with Gasteiger partial charge in [0.15, 0.2) is 8.32 Å². The molecule has 0 radical (unpaired) electrons. The number of ether oxygens (including phenoxy) is 3. The molecule has 1 aliphatic heterocycles. The van der Waals surface area contributed by atoms with Gasteiger partial charge in [-0.2, -0.15) is 0 Å². The first kappa shape index (κ1) is 22.0. The van der Waals surface area contributed by atoms with Crippen LogP contribution >= 0.6 is 0 Å². The molecule has 0 saturated carbocycles. The summed E-state index contributed by atoms with van der Waals surface area (Å²) in [5.74, 6) is -1.65. The second-order valence-corrected chi connectivity index (χ2v) is 13.3. The molecule has 6 nitrogen and oxygen atoms in total. The Hall–Kier alpha value is -1.25. The first-order valence-electron chi connectivity index (χ1n) is 9.28. The molecule has 27 heavy (non-hydrogen) atoms. The number of hydrogen-bond donors (Lipinski definition) is 1. The maximum absolute atomic E-state index is 12.1. The van der Waals surface area contributed by atoms with Gasteiger partial charge >= 0.3 is 5.97 Å². The minimum Gasteiger partial charge on any atom is -0.459 e. The maximum Gasteiger partial charge on any atom is 0.338 e. The Kier molecular flexibility index (Phi) is 6.86. The molecule has 1 aromatic rings. The van der Waals surface area contributed by atoms with Crippen LogP contribution in [-0.2, 0) is 18.6 Å². The third kappa shape index (κ3) is 5.17. The summed E-state index contributed by atoms with van der Waals surface area (Å²) in [4.78, 5) is 12.1. The molecule has 0 amide bonds. The lowest BCUT2D eigenvalue weighted by molar-refractivity contribution is -0.260. The van der Waals surface area contributed by atoms with Gasteiger partial charge in [0.05, 0.1) is 18.3 Å². The van der Waals surface area contributed by atoms with Crippen molar-refractivity contribution in [3.63, 3.8) is 0 Å². The van der Waals surface area contributed by atoms with Crippen LogP contribution < -0.4 is 0 Å². The van der Waals surface area contributed by atoms with Crippen LogP contribution in [0.2, 0.25) is 18.1 Å². The summed E-state index contributed by atoms with van der Waals surface area (Å²) in [6, 6.07) is 8.78. The van der Waals surface area contributed by atoms with Crippen LogP contribution in [0.1, 0.15) is 37.6 Å². The summed E-state index contributed by atoms with van der Waals surface area (Å²) in [5.41, 5.74) is 0.482. The molecule has 1 aliphatic rings. The number of methoxy groups -OCH3 is 1. The molecule has 0 unspecified atom stereocenters. The monoisotopic (exact) mass is 396 g/mol. The lowest BCUT2D eigenvalue weighted by Crippen LogP contribution is -2.51. The van der Waals surface area contributed by atoms with Crippen molar-refractivity contribution in [2.24, 2.45) is 0 Å². The van der Waals surface area contributed by atoms with Crippen LogP contribution in [0, 0.1) is 0 Å². The van der Waals surface area contributed by atoms with Gasteiger partial charge in [0.1, 0.15) is 12.7 Å². The highest BCUT2D eigenvalue weighted by Crippen LogP contribution is 2.39. The number of esters is 1. The van der Waals surface area contributed by atoms with Crippen LogP contribution in [0.5, 0.6) is 0 Å². The van der Waals surface area contributed by atoms with Crippen molar-refractivity contribution >= 4 is 14.3 Å². The van der Waals surface area contributed by atoms with Gasteiger partial charge in [0, 0.05) is 13.5 Å². The number of hydrogen-bond acceptors (Lipinski definition) is 6. The molecular formula is C20H32O6Si. The molecule has 2 rings (SSSR count). The molecule has 152 valence electrons. The zero-order chi connectivity index (χ0) is 20.3. The minimum atomic E-state index is -2.02. The summed E-state index contributed by atoms with van der Waals surface area (Å²) < 4.78 is 23.0. The maximum atomic E-state index is 12.1. The quantitative estimate of drug-likeness (QED) is 0.563. The van der Waals surface area contributed by atoms with E-state index in [4.69, 9.17) is 18.6 Å². The molecular weight excluding hydrogens is 364 g/mol. The molecule has 7 heteroatoms. The fourth-order valence-corrected chi connectivity index (χ4v) is 3.63. The van der Waals surface area contributed by atoms with Gasteiger partial charge in [0.25, 0.3) is 0 Å². The number of rotatable bonds is 7. The second kappa shape index (κ2) is 8.41. The topological polar surface area (TPSA) is 74.2 Å². The highest BCUT2D eigenvalue weighted by molar-refractivity contribution is 6.74. The SMILES string of the molecule is CO[C@]1(CO[Si](C)(C)C(C)(C)C)O[C@H](COC(=O)c2ccccc2)C[C@@H]1O. The molecule has 3 atom stereocenters. The molecule has 1 fully saturated rings. The Morgan fingerprint density at radius 1 is 1.30 bits per heavy atom. The first-order valence-corrected chi connectivity index (χ1v) is 12.2. The lowest BCUT2D eigenvalue weighted by atomic mass is 10.1. The Balaban J connectivity index is 1.95. The van der Waals surface area contributed by atoms with Gasteiger partial charge in [-0.1, -0.05) is 39.0 Å². The Morgan fingerprint density at radius 3 is 2.48 bits per heavy atom. The summed E-state index contributed by atoms with van der Waals surface area (Å²) in [6.07, 6.45) is -0.986. The predicted molar refractivity (Wildman–Crippen MR) is 105 cm³/mol. The third-order valence-electron chi connectivity index (χ3n) is 5.56. The number of benzene rings is 1. The standard InChI is InChI=1S/C20H32O6Si/c1-19(2,3)27(5,6)25-14-20(23-4)17(21)12-16(26-20)13-24-18(22)15-10-8-7-9-11-15/h7-11,16-17,21H,12-14H2,1-6H3/t16-,17-,20+/m0/s1. The van der Waals surface area contributed by atoms with E-state index in [9.17, 15) is 9.90 Å². The van der Waals surface area contributed by atoms with Crippen molar-refractivity contribution in [1.82, 2.24) is 0 Å². The van der Waals surface area contributed by atoms with Gasteiger partial charge in [0.2, 0.25) is 5.79 Å². The zero-order valence-electron chi connectivity index (χ0n) is 17.2. The highest BCUT2D eigenvalue weighted by Gasteiger charge is 2.51. The highest BCUT2D eigenvalue weighted by atomic mass is 28.4. The van der Waals surface area contributed by atoms with Crippen LogP contribution in [0.25, 0.3) is 0 Å².